The summed E-state index contributed by atoms with van der Waals surface area (Å²) < 4.78 is 15.8. The summed E-state index contributed by atoms with van der Waals surface area (Å²) in [5.74, 6) is -0.614. The van der Waals surface area contributed by atoms with Crippen LogP contribution in [0.5, 0.6) is 0 Å². The van der Waals surface area contributed by atoms with E-state index in [1.165, 1.54) is 23.3 Å². The van der Waals surface area contributed by atoms with E-state index in [0.29, 0.717) is 6.42 Å². The molecule has 3 heterocycles. The minimum Gasteiger partial charge on any atom is -0.396 e. The highest BCUT2D eigenvalue weighted by Crippen LogP contribution is 2.19. The van der Waals surface area contributed by atoms with Crippen molar-refractivity contribution in [1.29, 1.82) is 0 Å². The molecular weight excluding hydrogens is 391 g/mol. The third kappa shape index (κ3) is 5.38. The monoisotopic (exact) mass is 418 g/mol. The van der Waals surface area contributed by atoms with Gasteiger partial charge in [-0.05, 0) is 24.8 Å². The minimum absolute atomic E-state index is 0.0327. The van der Waals surface area contributed by atoms with Gasteiger partial charge < -0.3 is 15.3 Å². The fourth-order valence-corrected chi connectivity index (χ4v) is 3.39. The number of alkyl halides is 1. The Morgan fingerprint density at radius 1 is 1.33 bits per heavy atom. The Balaban J connectivity index is 1.68. The Bertz CT molecular complexity index is 864. The van der Waals surface area contributed by atoms with Crippen molar-refractivity contribution in [3.8, 4) is 0 Å². The lowest BCUT2D eigenvalue weighted by atomic mass is 10.0. The number of carbonyl (C=O) groups is 2. The molecule has 3 rings (SSSR count). The minimum atomic E-state index is -1.47. The maximum Gasteiger partial charge on any atom is 0.244 e. The molecule has 1 amide bonds. The molecule has 0 radical (unpaired) electrons. The van der Waals surface area contributed by atoms with Crippen LogP contribution >= 0.6 is 0 Å². The number of rotatable bonds is 10. The van der Waals surface area contributed by atoms with Crippen LogP contribution in [0.1, 0.15) is 48.7 Å². The van der Waals surface area contributed by atoms with Crippen LogP contribution in [-0.4, -0.2) is 67.4 Å². The van der Waals surface area contributed by atoms with E-state index in [4.69, 9.17) is 0 Å². The van der Waals surface area contributed by atoms with Crippen molar-refractivity contribution in [3.63, 3.8) is 0 Å². The van der Waals surface area contributed by atoms with Gasteiger partial charge in [-0.15, -0.1) is 0 Å². The van der Waals surface area contributed by atoms with Gasteiger partial charge >= 0.3 is 0 Å². The summed E-state index contributed by atoms with van der Waals surface area (Å²) in [4.78, 5) is 34.8. The van der Waals surface area contributed by atoms with Gasteiger partial charge in [0, 0.05) is 38.5 Å². The third-order valence-electron chi connectivity index (χ3n) is 5.26. The Morgan fingerprint density at radius 2 is 2.10 bits per heavy atom. The molecule has 2 aromatic rings. The van der Waals surface area contributed by atoms with Gasteiger partial charge in [0.25, 0.3) is 0 Å². The van der Waals surface area contributed by atoms with Crippen LogP contribution in [0.15, 0.2) is 24.8 Å². The number of hydrogen-bond donors (Lipinski definition) is 2. The molecule has 1 aliphatic rings. The number of aromatic nitrogens is 4. The number of amides is 1. The van der Waals surface area contributed by atoms with E-state index in [0.717, 1.165) is 25.9 Å². The van der Waals surface area contributed by atoms with Crippen LogP contribution in [0.4, 0.5) is 10.2 Å². The molecule has 2 aromatic heterocycles. The summed E-state index contributed by atoms with van der Waals surface area (Å²) in [7, 11) is 0. The molecule has 0 aromatic carbocycles. The molecule has 2 N–H and O–H groups in total. The molecule has 0 aliphatic carbocycles. The fraction of sp³-hybridized carbons (Fsp3) is 0.550. The van der Waals surface area contributed by atoms with E-state index >= 15 is 0 Å². The van der Waals surface area contributed by atoms with Crippen molar-refractivity contribution in [2.45, 2.75) is 45.4 Å². The Hall–Kier alpha value is -2.88. The zero-order valence-corrected chi connectivity index (χ0v) is 17.0. The molecule has 162 valence electrons. The normalized spacial score (nSPS) is 15.8. The second-order valence-electron chi connectivity index (χ2n) is 7.41. The topological polar surface area (TPSA) is 113 Å². The van der Waals surface area contributed by atoms with Gasteiger partial charge in [-0.1, -0.05) is 13.3 Å². The molecule has 0 saturated carbocycles. The number of hydrogen-bond acceptors (Lipinski definition) is 7. The number of aliphatic hydroxyl groups is 1. The van der Waals surface area contributed by atoms with Gasteiger partial charge in [0.2, 0.25) is 11.7 Å². The highest BCUT2D eigenvalue weighted by molar-refractivity contribution is 6.10. The molecule has 2 atom stereocenters. The lowest BCUT2D eigenvalue weighted by Crippen LogP contribution is -2.31. The second kappa shape index (κ2) is 10.2. The van der Waals surface area contributed by atoms with Gasteiger partial charge in [0.05, 0.1) is 5.56 Å². The highest BCUT2D eigenvalue weighted by Gasteiger charge is 2.22. The molecule has 0 bridgehead atoms. The summed E-state index contributed by atoms with van der Waals surface area (Å²) in [5.41, 5.74) is 0.215. The van der Waals surface area contributed by atoms with E-state index in [2.05, 4.69) is 20.4 Å². The fourth-order valence-electron chi connectivity index (χ4n) is 3.39. The van der Waals surface area contributed by atoms with Gasteiger partial charge in [0.1, 0.15) is 24.4 Å². The number of carbonyl (C=O) groups excluding carboxylic acids is 2. The summed E-state index contributed by atoms with van der Waals surface area (Å²) >= 11 is 0. The maximum absolute atomic E-state index is 14.4. The number of anilines is 1. The van der Waals surface area contributed by atoms with Crippen LogP contribution in [0, 0.1) is 5.92 Å². The van der Waals surface area contributed by atoms with Crippen LogP contribution in [-0.2, 0) is 11.3 Å². The number of nitrogens with one attached hydrogen (secondary N) is 1. The van der Waals surface area contributed by atoms with Crippen LogP contribution in [0.2, 0.25) is 0 Å². The van der Waals surface area contributed by atoms with Gasteiger partial charge in [-0.25, -0.2) is 14.4 Å². The first-order chi connectivity index (χ1) is 14.5. The number of nitrogens with zero attached hydrogens (tertiary/aromatic N) is 5. The first-order valence-corrected chi connectivity index (χ1v) is 10.2. The lowest BCUT2D eigenvalue weighted by Gasteiger charge is -2.17. The van der Waals surface area contributed by atoms with E-state index < -0.39 is 12.1 Å². The largest absolute Gasteiger partial charge is 0.396 e. The molecule has 9 nitrogen and oxygen atoms in total. The number of ketones is 1. The highest BCUT2D eigenvalue weighted by atomic mass is 19.1. The number of aliphatic hydroxyl groups excluding tert-OH is 1. The second-order valence-corrected chi connectivity index (χ2v) is 7.41. The first-order valence-electron chi connectivity index (χ1n) is 10.2. The summed E-state index contributed by atoms with van der Waals surface area (Å²) in [5, 5.41) is 16.0. The zero-order chi connectivity index (χ0) is 21.5. The van der Waals surface area contributed by atoms with Gasteiger partial charge in [-0.3, -0.25) is 14.3 Å². The molecule has 10 heteroatoms. The van der Waals surface area contributed by atoms with Crippen molar-refractivity contribution in [2.75, 3.05) is 25.0 Å². The van der Waals surface area contributed by atoms with Crippen molar-refractivity contribution in [3.05, 3.63) is 36.0 Å². The molecule has 1 saturated heterocycles. The third-order valence-corrected chi connectivity index (χ3v) is 5.26. The molecule has 2 unspecified atom stereocenters. The Labute approximate surface area is 174 Å². The van der Waals surface area contributed by atoms with E-state index in [9.17, 15) is 19.1 Å². The quantitative estimate of drug-likeness (QED) is 0.445. The average Bonchev–Trinajstić information content (AvgIpc) is 3.44. The SMILES string of the molecule is CCC(CO)CC(F)Nc1ncncc1C(=O)c1ccn(CC(=O)N2CCCC2)n1. The average molecular weight is 418 g/mol. The predicted molar refractivity (Wildman–Crippen MR) is 108 cm³/mol. The van der Waals surface area contributed by atoms with Crippen molar-refractivity contribution < 1.29 is 19.1 Å². The smallest absolute Gasteiger partial charge is 0.244 e. The molecule has 0 spiro atoms. The van der Waals surface area contributed by atoms with Gasteiger partial charge in [0.15, 0.2) is 6.30 Å². The summed E-state index contributed by atoms with van der Waals surface area (Å²) in [6, 6.07) is 1.52. The Morgan fingerprint density at radius 3 is 2.80 bits per heavy atom. The maximum atomic E-state index is 14.4. The molecule has 1 fully saturated rings. The first kappa shape index (κ1) is 21.8. The van der Waals surface area contributed by atoms with Crippen LogP contribution in [0.25, 0.3) is 0 Å². The number of halogens is 1. The van der Waals surface area contributed by atoms with Crippen LogP contribution < -0.4 is 5.32 Å². The molecule has 30 heavy (non-hydrogen) atoms. The van der Waals surface area contributed by atoms with E-state index in [-0.39, 0.29) is 48.5 Å². The van der Waals surface area contributed by atoms with Gasteiger partial charge in [-0.2, -0.15) is 5.10 Å². The predicted octanol–water partition coefficient (Wildman–Crippen LogP) is 1.64. The van der Waals surface area contributed by atoms with E-state index in [1.54, 1.807) is 11.1 Å². The lowest BCUT2D eigenvalue weighted by molar-refractivity contribution is -0.130. The summed E-state index contributed by atoms with van der Waals surface area (Å²) in [6.07, 6.45) is 5.38. The summed E-state index contributed by atoms with van der Waals surface area (Å²) in [6.45, 7) is 3.33. The van der Waals surface area contributed by atoms with E-state index in [1.807, 2.05) is 6.92 Å². The number of likely N-dealkylation sites (tertiary alicyclic amines) is 1. The standard InChI is InChI=1S/C20H27FN6O3/c1-2-14(12-28)9-17(21)24-20-15(10-22-13-23-20)19(30)16-5-8-27(25-16)11-18(29)26-6-3-4-7-26/h5,8,10,13-14,17,28H,2-4,6-7,9,11-12H2,1H3,(H,22,23,24). The van der Waals surface area contributed by atoms with Crippen molar-refractivity contribution in [2.24, 2.45) is 5.92 Å². The van der Waals surface area contributed by atoms with Crippen molar-refractivity contribution in [1.82, 2.24) is 24.6 Å². The van der Waals surface area contributed by atoms with Crippen LogP contribution in [0.3, 0.4) is 0 Å². The zero-order valence-electron chi connectivity index (χ0n) is 17.0. The molecular formula is C20H27FN6O3. The molecule has 1 aliphatic heterocycles. The Kier molecular flexibility index (Phi) is 7.45. The van der Waals surface area contributed by atoms with Crippen molar-refractivity contribution >= 4 is 17.5 Å².